The van der Waals surface area contributed by atoms with Crippen LogP contribution in [0.3, 0.4) is 0 Å². The van der Waals surface area contributed by atoms with E-state index in [4.69, 9.17) is 5.11 Å². The molecule has 0 spiro atoms. The minimum Gasteiger partial charge on any atom is -0.481 e. The van der Waals surface area contributed by atoms with Gasteiger partial charge in [-0.05, 0) is 24.1 Å². The fourth-order valence-corrected chi connectivity index (χ4v) is 1.22. The third kappa shape index (κ3) is 3.23. The molecule has 3 heteroatoms. The van der Waals surface area contributed by atoms with Gasteiger partial charge in [0.2, 0.25) is 0 Å². The summed E-state index contributed by atoms with van der Waals surface area (Å²) in [5, 5.41) is 8.55. The highest BCUT2D eigenvalue weighted by atomic mass is 16.4. The van der Waals surface area contributed by atoms with Gasteiger partial charge >= 0.3 is 5.97 Å². The van der Waals surface area contributed by atoms with Crippen LogP contribution >= 0.6 is 0 Å². The molecular formula is C10H13NO2. The van der Waals surface area contributed by atoms with Crippen molar-refractivity contribution in [2.75, 3.05) is 0 Å². The quantitative estimate of drug-likeness (QED) is 0.764. The Morgan fingerprint density at radius 1 is 1.62 bits per heavy atom. The van der Waals surface area contributed by atoms with Crippen molar-refractivity contribution in [2.45, 2.75) is 26.2 Å². The molecule has 0 aliphatic rings. The van der Waals surface area contributed by atoms with Gasteiger partial charge in [0.05, 0.1) is 12.1 Å². The zero-order valence-electron chi connectivity index (χ0n) is 7.66. The molecule has 0 unspecified atom stereocenters. The molecule has 1 aromatic rings. The average molecular weight is 179 g/mol. The lowest BCUT2D eigenvalue weighted by Gasteiger charge is -2.00. The number of carbonyl (C=O) groups is 1. The molecule has 0 amide bonds. The van der Waals surface area contributed by atoms with Crippen molar-refractivity contribution in [3.8, 4) is 0 Å². The van der Waals surface area contributed by atoms with Crippen LogP contribution in [0.2, 0.25) is 0 Å². The molecule has 0 bridgehead atoms. The SMILES string of the molecule is CCCc1ccnc(CC(=O)O)c1. The summed E-state index contributed by atoms with van der Waals surface area (Å²) in [4.78, 5) is 14.4. The molecule has 0 aliphatic carbocycles. The maximum absolute atomic E-state index is 10.4. The zero-order valence-corrected chi connectivity index (χ0v) is 7.66. The number of aliphatic carboxylic acids is 1. The topological polar surface area (TPSA) is 50.2 Å². The molecule has 1 rings (SSSR count). The van der Waals surface area contributed by atoms with Gasteiger partial charge < -0.3 is 5.11 Å². The Morgan fingerprint density at radius 3 is 3.00 bits per heavy atom. The number of pyridine rings is 1. The highest BCUT2D eigenvalue weighted by Gasteiger charge is 2.01. The van der Waals surface area contributed by atoms with Gasteiger partial charge in [-0.2, -0.15) is 0 Å². The maximum Gasteiger partial charge on any atom is 0.309 e. The fraction of sp³-hybridized carbons (Fsp3) is 0.400. The first-order chi connectivity index (χ1) is 6.22. The van der Waals surface area contributed by atoms with E-state index in [0.29, 0.717) is 5.69 Å². The number of nitrogens with zero attached hydrogens (tertiary/aromatic N) is 1. The standard InChI is InChI=1S/C10H13NO2/c1-2-3-8-4-5-11-9(6-8)7-10(12)13/h4-6H,2-3,7H2,1H3,(H,12,13). The van der Waals surface area contributed by atoms with Crippen molar-refractivity contribution < 1.29 is 9.90 Å². The van der Waals surface area contributed by atoms with E-state index < -0.39 is 5.97 Å². The summed E-state index contributed by atoms with van der Waals surface area (Å²) in [5.74, 6) is -0.832. The number of aromatic nitrogens is 1. The molecule has 0 fully saturated rings. The van der Waals surface area contributed by atoms with Crippen LogP contribution in [0, 0.1) is 0 Å². The molecule has 0 saturated carbocycles. The van der Waals surface area contributed by atoms with Crippen molar-refractivity contribution in [2.24, 2.45) is 0 Å². The highest BCUT2D eigenvalue weighted by molar-refractivity contribution is 5.69. The lowest BCUT2D eigenvalue weighted by Crippen LogP contribution is -2.02. The lowest BCUT2D eigenvalue weighted by atomic mass is 10.1. The van der Waals surface area contributed by atoms with Crippen molar-refractivity contribution in [1.82, 2.24) is 4.98 Å². The summed E-state index contributed by atoms with van der Waals surface area (Å²) >= 11 is 0. The first-order valence-corrected chi connectivity index (χ1v) is 4.38. The molecule has 0 atom stereocenters. The van der Waals surface area contributed by atoms with E-state index in [1.165, 1.54) is 0 Å². The molecule has 1 N–H and O–H groups in total. The third-order valence-corrected chi connectivity index (χ3v) is 1.75. The Kier molecular flexibility index (Phi) is 3.43. The Bertz CT molecular complexity index is 297. The average Bonchev–Trinajstić information content (AvgIpc) is 2.04. The van der Waals surface area contributed by atoms with Crippen LogP contribution in [-0.2, 0) is 17.6 Å². The number of aryl methyl sites for hydroxylation is 1. The molecule has 3 nitrogen and oxygen atoms in total. The normalized spacial score (nSPS) is 9.92. The summed E-state index contributed by atoms with van der Waals surface area (Å²) in [6.45, 7) is 2.09. The van der Waals surface area contributed by atoms with E-state index in [9.17, 15) is 4.79 Å². The number of hydrogen-bond acceptors (Lipinski definition) is 2. The number of carboxylic acid groups (broad SMARTS) is 1. The predicted molar refractivity (Wildman–Crippen MR) is 49.6 cm³/mol. The highest BCUT2D eigenvalue weighted by Crippen LogP contribution is 2.05. The molecule has 70 valence electrons. The number of rotatable bonds is 4. The van der Waals surface area contributed by atoms with Gasteiger partial charge in [0, 0.05) is 6.20 Å². The molecular weight excluding hydrogens is 166 g/mol. The molecule has 13 heavy (non-hydrogen) atoms. The third-order valence-electron chi connectivity index (χ3n) is 1.75. The molecule has 0 aromatic carbocycles. The van der Waals surface area contributed by atoms with Crippen LogP contribution in [0.25, 0.3) is 0 Å². The van der Waals surface area contributed by atoms with Gasteiger partial charge in [0.15, 0.2) is 0 Å². The first-order valence-electron chi connectivity index (χ1n) is 4.38. The molecule has 1 heterocycles. The van der Waals surface area contributed by atoms with Crippen LogP contribution in [-0.4, -0.2) is 16.1 Å². The van der Waals surface area contributed by atoms with E-state index in [-0.39, 0.29) is 6.42 Å². The summed E-state index contributed by atoms with van der Waals surface area (Å²) in [6, 6.07) is 3.78. The summed E-state index contributed by atoms with van der Waals surface area (Å²) in [5.41, 5.74) is 1.80. The van der Waals surface area contributed by atoms with E-state index in [1.807, 2.05) is 12.1 Å². The Morgan fingerprint density at radius 2 is 2.38 bits per heavy atom. The fourth-order valence-electron chi connectivity index (χ4n) is 1.22. The zero-order chi connectivity index (χ0) is 9.68. The van der Waals surface area contributed by atoms with E-state index in [0.717, 1.165) is 18.4 Å². The van der Waals surface area contributed by atoms with Crippen molar-refractivity contribution in [3.05, 3.63) is 29.6 Å². The maximum atomic E-state index is 10.4. The summed E-state index contributed by atoms with van der Waals surface area (Å²) in [7, 11) is 0. The summed E-state index contributed by atoms with van der Waals surface area (Å²) < 4.78 is 0. The number of hydrogen-bond donors (Lipinski definition) is 1. The predicted octanol–water partition coefficient (Wildman–Crippen LogP) is 1.66. The van der Waals surface area contributed by atoms with E-state index in [2.05, 4.69) is 11.9 Å². The second kappa shape index (κ2) is 4.60. The second-order valence-electron chi connectivity index (χ2n) is 2.98. The molecule has 0 aliphatic heterocycles. The van der Waals surface area contributed by atoms with Crippen molar-refractivity contribution >= 4 is 5.97 Å². The Labute approximate surface area is 77.4 Å². The van der Waals surface area contributed by atoms with E-state index in [1.54, 1.807) is 6.20 Å². The van der Waals surface area contributed by atoms with Crippen LogP contribution in [0.5, 0.6) is 0 Å². The van der Waals surface area contributed by atoms with E-state index >= 15 is 0 Å². The largest absolute Gasteiger partial charge is 0.481 e. The van der Waals surface area contributed by atoms with Crippen molar-refractivity contribution in [1.29, 1.82) is 0 Å². The van der Waals surface area contributed by atoms with Crippen LogP contribution in [0.1, 0.15) is 24.6 Å². The van der Waals surface area contributed by atoms with Gasteiger partial charge in [-0.25, -0.2) is 0 Å². The van der Waals surface area contributed by atoms with Gasteiger partial charge in [-0.3, -0.25) is 9.78 Å². The smallest absolute Gasteiger partial charge is 0.309 e. The molecule has 0 radical (unpaired) electrons. The minimum absolute atomic E-state index is 0.0115. The summed E-state index contributed by atoms with van der Waals surface area (Å²) in [6.07, 6.45) is 3.73. The minimum atomic E-state index is -0.832. The van der Waals surface area contributed by atoms with Crippen molar-refractivity contribution in [3.63, 3.8) is 0 Å². The van der Waals surface area contributed by atoms with Gasteiger partial charge in [0.1, 0.15) is 0 Å². The van der Waals surface area contributed by atoms with Crippen LogP contribution in [0.15, 0.2) is 18.3 Å². The van der Waals surface area contributed by atoms with Gasteiger partial charge in [-0.15, -0.1) is 0 Å². The lowest BCUT2D eigenvalue weighted by molar-refractivity contribution is -0.136. The van der Waals surface area contributed by atoms with Gasteiger partial charge in [0.25, 0.3) is 0 Å². The Hall–Kier alpha value is -1.38. The monoisotopic (exact) mass is 179 g/mol. The Balaban J connectivity index is 2.73. The number of carboxylic acids is 1. The molecule has 1 aromatic heterocycles. The van der Waals surface area contributed by atoms with Crippen LogP contribution in [0.4, 0.5) is 0 Å². The van der Waals surface area contributed by atoms with Gasteiger partial charge in [-0.1, -0.05) is 13.3 Å². The second-order valence-corrected chi connectivity index (χ2v) is 2.98. The first kappa shape index (κ1) is 9.71. The van der Waals surface area contributed by atoms with Crippen LogP contribution < -0.4 is 0 Å². The molecule has 0 saturated heterocycles.